The van der Waals surface area contributed by atoms with E-state index in [1.807, 2.05) is 24.4 Å². The molecule has 0 radical (unpaired) electrons. The van der Waals surface area contributed by atoms with Gasteiger partial charge in [-0.25, -0.2) is 0 Å². The molecule has 0 unspecified atom stereocenters. The van der Waals surface area contributed by atoms with E-state index in [4.69, 9.17) is 0 Å². The third kappa shape index (κ3) is 2.86. The second-order valence-corrected chi connectivity index (χ2v) is 8.47. The van der Waals surface area contributed by atoms with Gasteiger partial charge in [0.2, 0.25) is 0 Å². The molecule has 3 heterocycles. The molecular weight excluding hydrogens is 416 g/mol. The molecule has 7 rings (SSSR count). The number of aromatic nitrogens is 4. The Morgan fingerprint density at radius 2 is 1.32 bits per heavy atom. The van der Waals surface area contributed by atoms with Crippen molar-refractivity contribution in [3.63, 3.8) is 0 Å². The standard InChI is InChI=1S/C30H20N4/c1-3-9-21(10-4-1)23-18-30(32-31-20-23)33-16-15-22-17-29-26(19-28(22)33)25-13-7-8-14-27(25)34(29)24-11-5-2-6-12-24/h1-20H. The highest BCUT2D eigenvalue weighted by Crippen LogP contribution is 2.35. The Balaban J connectivity index is 1.48. The predicted molar refractivity (Wildman–Crippen MR) is 139 cm³/mol. The van der Waals surface area contributed by atoms with Gasteiger partial charge in [-0.15, -0.1) is 5.10 Å². The molecule has 34 heavy (non-hydrogen) atoms. The highest BCUT2D eigenvalue weighted by Gasteiger charge is 2.15. The summed E-state index contributed by atoms with van der Waals surface area (Å²) < 4.78 is 4.47. The maximum absolute atomic E-state index is 4.46. The van der Waals surface area contributed by atoms with E-state index in [-0.39, 0.29) is 0 Å². The van der Waals surface area contributed by atoms with Gasteiger partial charge in [0, 0.05) is 33.6 Å². The lowest BCUT2D eigenvalue weighted by Gasteiger charge is -2.08. The zero-order chi connectivity index (χ0) is 22.5. The third-order valence-electron chi connectivity index (χ3n) is 6.49. The fourth-order valence-corrected chi connectivity index (χ4v) is 4.91. The first-order chi connectivity index (χ1) is 16.9. The lowest BCUT2D eigenvalue weighted by Crippen LogP contribution is -1.98. The van der Waals surface area contributed by atoms with Gasteiger partial charge in [-0.1, -0.05) is 66.7 Å². The molecule has 0 saturated heterocycles. The Bertz CT molecular complexity index is 1790. The van der Waals surface area contributed by atoms with E-state index < -0.39 is 0 Å². The van der Waals surface area contributed by atoms with E-state index in [0.29, 0.717) is 0 Å². The maximum atomic E-state index is 4.46. The van der Waals surface area contributed by atoms with Gasteiger partial charge < -0.3 is 4.57 Å². The highest BCUT2D eigenvalue weighted by atomic mass is 15.2. The zero-order valence-electron chi connectivity index (χ0n) is 18.3. The zero-order valence-corrected chi connectivity index (χ0v) is 18.3. The number of fused-ring (bicyclic) bond motifs is 4. The molecule has 0 aliphatic rings. The molecule has 7 aromatic rings. The summed E-state index contributed by atoms with van der Waals surface area (Å²) in [6.07, 6.45) is 3.90. The molecule has 0 spiro atoms. The van der Waals surface area contributed by atoms with Crippen LogP contribution < -0.4 is 0 Å². The first-order valence-corrected chi connectivity index (χ1v) is 11.3. The van der Waals surface area contributed by atoms with Crippen LogP contribution in [0.2, 0.25) is 0 Å². The second-order valence-electron chi connectivity index (χ2n) is 8.47. The quantitative estimate of drug-likeness (QED) is 0.294. The smallest absolute Gasteiger partial charge is 0.160 e. The first kappa shape index (κ1) is 18.8. The number of rotatable bonds is 3. The summed E-state index contributed by atoms with van der Waals surface area (Å²) in [5.74, 6) is 0.808. The maximum Gasteiger partial charge on any atom is 0.160 e. The fraction of sp³-hybridized carbons (Fsp3) is 0. The van der Waals surface area contributed by atoms with Gasteiger partial charge in [0.1, 0.15) is 0 Å². The first-order valence-electron chi connectivity index (χ1n) is 11.3. The molecule has 0 aliphatic carbocycles. The lowest BCUT2D eigenvalue weighted by molar-refractivity contribution is 0.939. The molecule has 0 bridgehead atoms. The molecule has 0 aliphatic heterocycles. The Hall–Kier alpha value is -4.70. The topological polar surface area (TPSA) is 35.6 Å². The minimum Gasteiger partial charge on any atom is -0.309 e. The van der Waals surface area contributed by atoms with Crippen LogP contribution in [0.5, 0.6) is 0 Å². The van der Waals surface area contributed by atoms with Gasteiger partial charge in [-0.2, -0.15) is 5.10 Å². The Morgan fingerprint density at radius 3 is 2.18 bits per heavy atom. The van der Waals surface area contributed by atoms with E-state index in [1.165, 1.54) is 27.2 Å². The SMILES string of the molecule is c1ccc(-c2cnnc(-n3ccc4cc5c(cc43)c3ccccc3n5-c3ccccc3)c2)cc1. The van der Waals surface area contributed by atoms with Crippen molar-refractivity contribution in [1.29, 1.82) is 0 Å². The van der Waals surface area contributed by atoms with Crippen LogP contribution in [-0.4, -0.2) is 19.3 Å². The van der Waals surface area contributed by atoms with E-state index in [2.05, 4.69) is 117 Å². The van der Waals surface area contributed by atoms with Gasteiger partial charge in [-0.3, -0.25) is 4.57 Å². The Morgan fingerprint density at radius 1 is 0.559 bits per heavy atom. The molecule has 0 saturated carbocycles. The molecule has 0 amide bonds. The van der Waals surface area contributed by atoms with Crippen molar-refractivity contribution in [3.8, 4) is 22.6 Å². The number of benzene rings is 4. The van der Waals surface area contributed by atoms with Crippen LogP contribution >= 0.6 is 0 Å². The fourth-order valence-electron chi connectivity index (χ4n) is 4.91. The van der Waals surface area contributed by atoms with E-state index >= 15 is 0 Å². The van der Waals surface area contributed by atoms with Crippen molar-refractivity contribution in [1.82, 2.24) is 19.3 Å². The van der Waals surface area contributed by atoms with Crippen molar-refractivity contribution < 1.29 is 0 Å². The largest absolute Gasteiger partial charge is 0.309 e. The molecule has 160 valence electrons. The molecule has 0 atom stereocenters. The summed E-state index contributed by atoms with van der Waals surface area (Å²) in [6, 6.07) is 38.2. The van der Waals surface area contributed by atoms with Crippen LogP contribution in [0.3, 0.4) is 0 Å². The molecule has 4 heteroatoms. The van der Waals surface area contributed by atoms with E-state index in [0.717, 1.165) is 28.1 Å². The summed E-state index contributed by atoms with van der Waals surface area (Å²) >= 11 is 0. The van der Waals surface area contributed by atoms with Crippen molar-refractivity contribution >= 4 is 32.7 Å². The lowest BCUT2D eigenvalue weighted by atomic mass is 10.1. The van der Waals surface area contributed by atoms with Crippen LogP contribution in [0, 0.1) is 0 Å². The Labute approximate surface area is 196 Å². The average molecular weight is 437 g/mol. The van der Waals surface area contributed by atoms with Crippen LogP contribution in [-0.2, 0) is 0 Å². The van der Waals surface area contributed by atoms with Crippen molar-refractivity contribution in [2.75, 3.05) is 0 Å². The summed E-state index contributed by atoms with van der Waals surface area (Å²) in [4.78, 5) is 0. The molecule has 3 aromatic heterocycles. The molecule has 4 aromatic carbocycles. The second kappa shape index (κ2) is 7.42. The van der Waals surface area contributed by atoms with Gasteiger partial charge in [0.05, 0.1) is 22.7 Å². The van der Waals surface area contributed by atoms with E-state index in [1.54, 1.807) is 0 Å². The molecular formula is C30H20N4. The molecule has 4 nitrogen and oxygen atoms in total. The van der Waals surface area contributed by atoms with Crippen molar-refractivity contribution in [2.24, 2.45) is 0 Å². The Kier molecular flexibility index (Phi) is 4.11. The summed E-state index contributed by atoms with van der Waals surface area (Å²) in [6.45, 7) is 0. The van der Waals surface area contributed by atoms with Gasteiger partial charge in [-0.05, 0) is 48.0 Å². The summed E-state index contributed by atoms with van der Waals surface area (Å²) in [5.41, 5.74) is 6.85. The molecule has 0 fully saturated rings. The van der Waals surface area contributed by atoms with Crippen molar-refractivity contribution in [2.45, 2.75) is 0 Å². The highest BCUT2D eigenvalue weighted by molar-refractivity contribution is 6.13. The third-order valence-corrected chi connectivity index (χ3v) is 6.49. The van der Waals surface area contributed by atoms with Crippen LogP contribution in [0.25, 0.3) is 55.3 Å². The van der Waals surface area contributed by atoms with Crippen LogP contribution in [0.4, 0.5) is 0 Å². The average Bonchev–Trinajstić information content (AvgIpc) is 3.47. The monoisotopic (exact) mass is 436 g/mol. The minimum absolute atomic E-state index is 0.808. The predicted octanol–water partition coefficient (Wildman–Crippen LogP) is 7.18. The molecule has 0 N–H and O–H groups in total. The summed E-state index contributed by atoms with van der Waals surface area (Å²) in [7, 11) is 0. The number of para-hydroxylation sites is 2. The minimum atomic E-state index is 0.808. The van der Waals surface area contributed by atoms with E-state index in [9.17, 15) is 0 Å². The number of hydrogen-bond acceptors (Lipinski definition) is 2. The normalized spacial score (nSPS) is 11.5. The number of nitrogens with zero attached hydrogens (tertiary/aromatic N) is 4. The van der Waals surface area contributed by atoms with Gasteiger partial charge >= 0.3 is 0 Å². The van der Waals surface area contributed by atoms with Crippen LogP contribution in [0.15, 0.2) is 122 Å². The summed E-state index contributed by atoms with van der Waals surface area (Å²) in [5, 5.41) is 12.4. The van der Waals surface area contributed by atoms with Crippen LogP contribution in [0.1, 0.15) is 0 Å². The van der Waals surface area contributed by atoms with Gasteiger partial charge in [0.15, 0.2) is 5.82 Å². The number of hydrogen-bond donors (Lipinski definition) is 0. The van der Waals surface area contributed by atoms with Gasteiger partial charge in [0.25, 0.3) is 0 Å². The van der Waals surface area contributed by atoms with Crippen molar-refractivity contribution in [3.05, 3.63) is 122 Å².